The number of nitrogens with zero attached hydrogens (tertiary/aromatic N) is 3. The highest BCUT2D eigenvalue weighted by Crippen LogP contribution is 2.23. The number of piperazine rings is 1. The van der Waals surface area contributed by atoms with Gasteiger partial charge in [0.15, 0.2) is 0 Å². The first kappa shape index (κ1) is 9.00. The molecular formula is C9H11N3O2. The predicted molar refractivity (Wildman–Crippen MR) is 46.9 cm³/mol. The van der Waals surface area contributed by atoms with Crippen LogP contribution in [-0.4, -0.2) is 47.3 Å². The van der Waals surface area contributed by atoms with Crippen LogP contribution < -0.4 is 0 Å². The van der Waals surface area contributed by atoms with E-state index >= 15 is 0 Å². The number of hydrogen-bond acceptors (Lipinski definition) is 3. The molecule has 1 unspecified atom stereocenters. The highest BCUT2D eigenvalue weighted by molar-refractivity contribution is 5.95. The van der Waals surface area contributed by atoms with Crippen molar-refractivity contribution in [3.63, 3.8) is 0 Å². The fraction of sp³-hybridized carbons (Fsp3) is 0.667. The highest BCUT2D eigenvalue weighted by atomic mass is 16.2. The number of nitriles is 1. The Morgan fingerprint density at radius 3 is 3.00 bits per heavy atom. The van der Waals surface area contributed by atoms with E-state index in [0.29, 0.717) is 6.54 Å². The number of carbonyl (C=O) groups is 2. The Morgan fingerprint density at radius 2 is 2.29 bits per heavy atom. The van der Waals surface area contributed by atoms with Gasteiger partial charge in [0.05, 0.1) is 6.07 Å². The fourth-order valence-corrected chi connectivity index (χ4v) is 2.08. The van der Waals surface area contributed by atoms with Crippen molar-refractivity contribution in [3.05, 3.63) is 0 Å². The van der Waals surface area contributed by atoms with Crippen molar-refractivity contribution in [3.8, 4) is 6.07 Å². The molecule has 0 N–H and O–H groups in total. The summed E-state index contributed by atoms with van der Waals surface area (Å²) in [4.78, 5) is 26.2. The topological polar surface area (TPSA) is 64.4 Å². The van der Waals surface area contributed by atoms with Crippen molar-refractivity contribution >= 4 is 11.8 Å². The maximum absolute atomic E-state index is 11.7. The van der Waals surface area contributed by atoms with Gasteiger partial charge in [0.25, 0.3) is 0 Å². The molecule has 5 heteroatoms. The lowest BCUT2D eigenvalue weighted by Gasteiger charge is -2.35. The first-order valence-electron chi connectivity index (χ1n) is 4.69. The van der Waals surface area contributed by atoms with Gasteiger partial charge in [-0.2, -0.15) is 5.26 Å². The zero-order valence-corrected chi connectivity index (χ0v) is 7.77. The lowest BCUT2D eigenvalue weighted by atomic mass is 10.1. The average Bonchev–Trinajstić information content (AvgIpc) is 2.63. The number of fused-ring (bicyclic) bond motifs is 1. The molecule has 2 aliphatic heterocycles. The van der Waals surface area contributed by atoms with Crippen molar-refractivity contribution in [1.29, 1.82) is 5.26 Å². The molecule has 2 heterocycles. The Morgan fingerprint density at radius 1 is 1.50 bits per heavy atom. The van der Waals surface area contributed by atoms with Crippen molar-refractivity contribution < 1.29 is 9.59 Å². The number of carbonyl (C=O) groups excluding carboxylic acids is 2. The van der Waals surface area contributed by atoms with Gasteiger partial charge in [-0.05, 0) is 12.8 Å². The minimum Gasteiger partial charge on any atom is -0.329 e. The monoisotopic (exact) mass is 193 g/mol. The van der Waals surface area contributed by atoms with Gasteiger partial charge in [0.1, 0.15) is 19.1 Å². The standard InChI is InChI=1S/C9H11N3O2/c10-3-5-11-6-8(13)12-4-1-2-7(12)9(11)14/h7H,1-2,4-6H2. The van der Waals surface area contributed by atoms with Crippen LogP contribution in [0.15, 0.2) is 0 Å². The van der Waals surface area contributed by atoms with E-state index < -0.39 is 0 Å². The van der Waals surface area contributed by atoms with Crippen LogP contribution in [0.1, 0.15) is 12.8 Å². The SMILES string of the molecule is N#CCN1CC(=O)N2CCCC2C1=O. The van der Waals surface area contributed by atoms with Crippen LogP contribution in [0.5, 0.6) is 0 Å². The Balaban J connectivity index is 2.17. The van der Waals surface area contributed by atoms with Crippen LogP contribution >= 0.6 is 0 Å². The molecule has 0 aliphatic carbocycles. The third-order valence-electron chi connectivity index (χ3n) is 2.76. The minimum absolute atomic E-state index is 0.0227. The van der Waals surface area contributed by atoms with Gasteiger partial charge < -0.3 is 9.80 Å². The van der Waals surface area contributed by atoms with Crippen LogP contribution in [-0.2, 0) is 9.59 Å². The van der Waals surface area contributed by atoms with Gasteiger partial charge in [-0.15, -0.1) is 0 Å². The van der Waals surface area contributed by atoms with E-state index in [4.69, 9.17) is 5.26 Å². The number of hydrogen-bond donors (Lipinski definition) is 0. The van der Waals surface area contributed by atoms with Crippen molar-refractivity contribution in [2.24, 2.45) is 0 Å². The molecule has 0 saturated carbocycles. The van der Waals surface area contributed by atoms with E-state index in [1.807, 2.05) is 6.07 Å². The van der Waals surface area contributed by atoms with E-state index in [9.17, 15) is 9.59 Å². The molecule has 1 atom stereocenters. The molecule has 0 aromatic carbocycles. The molecule has 74 valence electrons. The van der Waals surface area contributed by atoms with E-state index in [2.05, 4.69) is 0 Å². The molecule has 0 radical (unpaired) electrons. The zero-order valence-electron chi connectivity index (χ0n) is 7.77. The van der Waals surface area contributed by atoms with Gasteiger partial charge in [0.2, 0.25) is 11.8 Å². The lowest BCUT2D eigenvalue weighted by Crippen LogP contribution is -2.57. The predicted octanol–water partition coefficient (Wildman–Crippen LogP) is -0.657. The molecular weight excluding hydrogens is 182 g/mol. The molecule has 0 bridgehead atoms. The summed E-state index contributed by atoms with van der Waals surface area (Å²) in [6, 6.07) is 1.62. The molecule has 0 spiro atoms. The summed E-state index contributed by atoms with van der Waals surface area (Å²) in [5.74, 6) is -0.0917. The maximum atomic E-state index is 11.7. The van der Waals surface area contributed by atoms with Crippen molar-refractivity contribution in [1.82, 2.24) is 9.80 Å². The largest absolute Gasteiger partial charge is 0.329 e. The second-order valence-corrected chi connectivity index (χ2v) is 3.60. The molecule has 14 heavy (non-hydrogen) atoms. The van der Waals surface area contributed by atoms with Crippen LogP contribution in [0, 0.1) is 11.3 Å². The second kappa shape index (κ2) is 3.29. The summed E-state index contributed by atoms with van der Waals surface area (Å²) in [5, 5.41) is 8.49. The Kier molecular flexibility index (Phi) is 2.12. The molecule has 2 saturated heterocycles. The summed E-state index contributed by atoms with van der Waals surface area (Å²) in [5.41, 5.74) is 0. The van der Waals surface area contributed by atoms with E-state index in [1.165, 1.54) is 4.90 Å². The van der Waals surface area contributed by atoms with Crippen LogP contribution in [0.4, 0.5) is 0 Å². The Hall–Kier alpha value is -1.57. The number of rotatable bonds is 1. The first-order valence-corrected chi connectivity index (χ1v) is 4.69. The van der Waals surface area contributed by atoms with E-state index in [0.717, 1.165) is 12.8 Å². The molecule has 0 aromatic heterocycles. The molecule has 2 aliphatic rings. The molecule has 0 aromatic rings. The fourth-order valence-electron chi connectivity index (χ4n) is 2.08. The van der Waals surface area contributed by atoms with Crippen LogP contribution in [0.3, 0.4) is 0 Å². The van der Waals surface area contributed by atoms with Gasteiger partial charge >= 0.3 is 0 Å². The molecule has 2 fully saturated rings. The summed E-state index contributed by atoms with van der Waals surface area (Å²) < 4.78 is 0. The van der Waals surface area contributed by atoms with Gasteiger partial charge in [-0.1, -0.05) is 0 Å². The summed E-state index contributed by atoms with van der Waals surface area (Å²) >= 11 is 0. The van der Waals surface area contributed by atoms with E-state index in [1.54, 1.807) is 4.90 Å². The molecule has 2 rings (SSSR count). The first-order chi connectivity index (χ1) is 6.74. The molecule has 5 nitrogen and oxygen atoms in total. The minimum atomic E-state index is -0.287. The Bertz CT molecular complexity index is 321. The third-order valence-corrected chi connectivity index (χ3v) is 2.76. The Labute approximate surface area is 81.9 Å². The van der Waals surface area contributed by atoms with Crippen molar-refractivity contribution in [2.75, 3.05) is 19.6 Å². The summed E-state index contributed by atoms with van der Waals surface area (Å²) in [6.45, 7) is 0.785. The van der Waals surface area contributed by atoms with Crippen molar-refractivity contribution in [2.45, 2.75) is 18.9 Å². The van der Waals surface area contributed by atoms with Crippen LogP contribution in [0.25, 0.3) is 0 Å². The maximum Gasteiger partial charge on any atom is 0.246 e. The van der Waals surface area contributed by atoms with Crippen LogP contribution in [0.2, 0.25) is 0 Å². The second-order valence-electron chi connectivity index (χ2n) is 3.60. The van der Waals surface area contributed by atoms with E-state index in [-0.39, 0.29) is 30.9 Å². The summed E-state index contributed by atoms with van der Waals surface area (Å²) in [6.07, 6.45) is 1.63. The number of amides is 2. The zero-order chi connectivity index (χ0) is 10.1. The highest BCUT2D eigenvalue weighted by Gasteiger charge is 2.41. The van der Waals surface area contributed by atoms with Gasteiger partial charge in [-0.25, -0.2) is 0 Å². The molecule has 2 amide bonds. The smallest absolute Gasteiger partial charge is 0.246 e. The third kappa shape index (κ3) is 1.23. The van der Waals surface area contributed by atoms with Gasteiger partial charge in [-0.3, -0.25) is 9.59 Å². The average molecular weight is 193 g/mol. The normalized spacial score (nSPS) is 26.4. The lowest BCUT2D eigenvalue weighted by molar-refractivity contribution is -0.152. The summed E-state index contributed by atoms with van der Waals surface area (Å²) in [7, 11) is 0. The quantitative estimate of drug-likeness (QED) is 0.519. The van der Waals surface area contributed by atoms with Gasteiger partial charge in [0, 0.05) is 6.54 Å².